The average Bonchev–Trinajstić information content (AvgIpc) is 3.47. The van der Waals surface area contributed by atoms with Crippen LogP contribution < -0.4 is 9.47 Å². The summed E-state index contributed by atoms with van der Waals surface area (Å²) in [6, 6.07) is 5.98. The summed E-state index contributed by atoms with van der Waals surface area (Å²) in [5, 5.41) is 0.660. The third kappa shape index (κ3) is 5.80. The van der Waals surface area contributed by atoms with Gasteiger partial charge in [-0.25, -0.2) is 0 Å². The van der Waals surface area contributed by atoms with Crippen LogP contribution in [0.3, 0.4) is 0 Å². The summed E-state index contributed by atoms with van der Waals surface area (Å²) in [6.07, 6.45) is -6.19. The van der Waals surface area contributed by atoms with Gasteiger partial charge in [-0.3, -0.25) is 4.79 Å². The largest absolute Gasteiger partial charge is 0.493 e. The van der Waals surface area contributed by atoms with Gasteiger partial charge in [-0.15, -0.1) is 0 Å². The van der Waals surface area contributed by atoms with E-state index in [0.29, 0.717) is 21.7 Å². The average molecular weight is 530 g/mol. The van der Waals surface area contributed by atoms with Crippen LogP contribution in [0.1, 0.15) is 35.1 Å². The van der Waals surface area contributed by atoms with E-state index in [1.54, 1.807) is 18.2 Å². The van der Waals surface area contributed by atoms with Gasteiger partial charge in [-0.2, -0.15) is 31.3 Å². The quantitative estimate of drug-likeness (QED) is 0.332. The number of hydrogen-bond donors (Lipinski definition) is 0. The lowest BCUT2D eigenvalue weighted by Crippen LogP contribution is -2.23. The van der Waals surface area contributed by atoms with Gasteiger partial charge in [0.05, 0.1) is 23.1 Å². The van der Waals surface area contributed by atoms with E-state index in [0.717, 1.165) is 32.0 Å². The number of alkyl halides is 6. The number of carbonyl (C=O) groups excluding carboxylic acids is 1. The topological polar surface area (TPSA) is 51.1 Å². The molecule has 0 saturated carbocycles. The van der Waals surface area contributed by atoms with Gasteiger partial charge in [0.15, 0.2) is 16.7 Å². The van der Waals surface area contributed by atoms with Crippen LogP contribution in [-0.4, -0.2) is 36.2 Å². The fourth-order valence-electron chi connectivity index (χ4n) is 3.78. The van der Waals surface area contributed by atoms with Crippen molar-refractivity contribution in [2.24, 2.45) is 4.99 Å². The molecule has 12 heteroatoms. The Morgan fingerprint density at radius 2 is 1.72 bits per heavy atom. The second-order valence-electron chi connectivity index (χ2n) is 8.07. The molecule has 1 amide bonds. The molecule has 0 spiro atoms. The van der Waals surface area contributed by atoms with Crippen molar-refractivity contribution in [2.75, 3.05) is 20.2 Å². The van der Waals surface area contributed by atoms with Crippen molar-refractivity contribution in [1.29, 1.82) is 0 Å². The van der Waals surface area contributed by atoms with Crippen LogP contribution in [0.2, 0.25) is 0 Å². The van der Waals surface area contributed by atoms with Gasteiger partial charge in [-0.1, -0.05) is 12.1 Å². The van der Waals surface area contributed by atoms with E-state index in [-0.39, 0.29) is 23.5 Å². The summed E-state index contributed by atoms with van der Waals surface area (Å²) in [4.78, 5) is 18.9. The van der Waals surface area contributed by atoms with Gasteiger partial charge < -0.3 is 14.4 Å². The number of ether oxygens (including phenoxy) is 2. The second-order valence-corrected chi connectivity index (χ2v) is 9.08. The summed E-state index contributed by atoms with van der Waals surface area (Å²) < 4.78 is 89.6. The third-order valence-electron chi connectivity index (χ3n) is 5.60. The summed E-state index contributed by atoms with van der Waals surface area (Å²) >= 11 is 1.27. The van der Waals surface area contributed by atoms with Gasteiger partial charge in [0, 0.05) is 18.7 Å². The van der Waals surface area contributed by atoms with E-state index in [1.165, 1.54) is 24.9 Å². The first-order chi connectivity index (χ1) is 17.0. The molecule has 1 fully saturated rings. The van der Waals surface area contributed by atoms with E-state index < -0.39 is 35.6 Å². The Morgan fingerprint density at radius 1 is 1.00 bits per heavy atom. The van der Waals surface area contributed by atoms with E-state index in [1.807, 2.05) is 0 Å². The second kappa shape index (κ2) is 10.1. The summed E-state index contributed by atoms with van der Waals surface area (Å²) in [6.45, 7) is 1.06. The molecule has 0 aliphatic carbocycles. The van der Waals surface area contributed by atoms with Gasteiger partial charge in [0.2, 0.25) is 0 Å². The lowest BCUT2D eigenvalue weighted by molar-refractivity contribution is -0.143. The molecule has 2 aliphatic heterocycles. The highest BCUT2D eigenvalue weighted by molar-refractivity contribution is 8.18. The maximum absolute atomic E-state index is 13.4. The minimum absolute atomic E-state index is 0.0694. The Bertz CT molecular complexity index is 1220. The molecule has 36 heavy (non-hydrogen) atoms. The summed E-state index contributed by atoms with van der Waals surface area (Å²) in [5.74, 6) is -0.0868. The Kier molecular flexibility index (Phi) is 7.26. The number of nitrogens with zero attached hydrogens (tertiary/aromatic N) is 2. The fourth-order valence-corrected chi connectivity index (χ4v) is 4.75. The Hall–Kier alpha value is -3.15. The predicted molar refractivity (Wildman–Crippen MR) is 123 cm³/mol. The van der Waals surface area contributed by atoms with Crippen LogP contribution in [0.25, 0.3) is 6.08 Å². The zero-order valence-electron chi connectivity index (χ0n) is 18.9. The highest BCUT2D eigenvalue weighted by Crippen LogP contribution is 2.39. The van der Waals surface area contributed by atoms with Crippen LogP contribution in [0.4, 0.5) is 26.3 Å². The van der Waals surface area contributed by atoms with E-state index >= 15 is 0 Å². The third-order valence-corrected chi connectivity index (χ3v) is 6.64. The minimum atomic E-state index is -5.00. The van der Waals surface area contributed by atoms with E-state index in [4.69, 9.17) is 9.47 Å². The number of rotatable bonds is 5. The number of likely N-dealkylation sites (tertiary alicyclic amines) is 1. The van der Waals surface area contributed by atoms with Crippen LogP contribution >= 0.6 is 11.8 Å². The first kappa shape index (κ1) is 25.9. The SMILES string of the molecule is COc1cc(C=C2SC(N3CCCC3)=NC2=O)ccc1OCc1ccc(C(F)(F)F)cc1C(F)(F)F. The minimum Gasteiger partial charge on any atom is -0.493 e. The normalized spacial score (nSPS) is 17.6. The monoisotopic (exact) mass is 530 g/mol. The van der Waals surface area contributed by atoms with Gasteiger partial charge in [-0.05, 0) is 60.5 Å². The molecule has 1 saturated heterocycles. The molecule has 2 aromatic rings. The number of thioether (sulfide) groups is 1. The molecular formula is C24H20F6N2O3S. The van der Waals surface area contributed by atoms with Crippen molar-refractivity contribution in [3.63, 3.8) is 0 Å². The number of hydrogen-bond acceptors (Lipinski definition) is 5. The molecular weight excluding hydrogens is 510 g/mol. The molecule has 192 valence electrons. The number of halogens is 6. The number of amides is 1. The lowest BCUT2D eigenvalue weighted by atomic mass is 10.0. The molecule has 0 atom stereocenters. The van der Waals surface area contributed by atoms with Crippen molar-refractivity contribution >= 4 is 28.9 Å². The summed E-state index contributed by atoms with van der Waals surface area (Å²) in [5.41, 5.74) is -2.70. The zero-order valence-corrected chi connectivity index (χ0v) is 19.7. The number of amidine groups is 1. The maximum atomic E-state index is 13.4. The Labute approximate surface area is 206 Å². The highest BCUT2D eigenvalue weighted by atomic mass is 32.2. The maximum Gasteiger partial charge on any atom is 0.416 e. The molecule has 4 rings (SSSR count). The Morgan fingerprint density at radius 3 is 2.36 bits per heavy atom. The molecule has 0 radical (unpaired) electrons. The number of carbonyl (C=O) groups is 1. The molecule has 2 aromatic carbocycles. The van der Waals surface area contributed by atoms with Crippen LogP contribution in [0.5, 0.6) is 11.5 Å². The zero-order chi connectivity index (χ0) is 26.1. The molecule has 5 nitrogen and oxygen atoms in total. The Balaban J connectivity index is 1.51. The molecule has 0 N–H and O–H groups in total. The predicted octanol–water partition coefficient (Wildman–Crippen LogP) is 6.38. The van der Waals surface area contributed by atoms with Crippen LogP contribution in [0, 0.1) is 0 Å². The van der Waals surface area contributed by atoms with Crippen molar-refractivity contribution in [1.82, 2.24) is 4.90 Å². The number of methoxy groups -OCH3 is 1. The van der Waals surface area contributed by atoms with Crippen molar-refractivity contribution < 1.29 is 40.6 Å². The van der Waals surface area contributed by atoms with E-state index in [9.17, 15) is 31.1 Å². The van der Waals surface area contributed by atoms with Crippen LogP contribution in [-0.2, 0) is 23.8 Å². The van der Waals surface area contributed by atoms with E-state index in [2.05, 4.69) is 9.89 Å². The van der Waals surface area contributed by atoms with Gasteiger partial charge in [0.25, 0.3) is 5.91 Å². The number of aliphatic imine (C=N–C) groups is 1. The highest BCUT2D eigenvalue weighted by Gasteiger charge is 2.38. The fraction of sp³-hybridized carbons (Fsp3) is 0.333. The van der Waals surface area contributed by atoms with Crippen molar-refractivity contribution in [3.8, 4) is 11.5 Å². The lowest BCUT2D eigenvalue weighted by Gasteiger charge is -2.17. The van der Waals surface area contributed by atoms with Gasteiger partial charge in [0.1, 0.15) is 6.61 Å². The molecule has 0 aromatic heterocycles. The smallest absolute Gasteiger partial charge is 0.416 e. The van der Waals surface area contributed by atoms with Crippen molar-refractivity contribution in [2.45, 2.75) is 31.8 Å². The van der Waals surface area contributed by atoms with Crippen molar-refractivity contribution in [3.05, 3.63) is 63.6 Å². The van der Waals surface area contributed by atoms with Crippen LogP contribution in [0.15, 0.2) is 46.3 Å². The summed E-state index contributed by atoms with van der Waals surface area (Å²) in [7, 11) is 1.34. The molecule has 2 aliphatic rings. The first-order valence-corrected chi connectivity index (χ1v) is 11.6. The number of benzene rings is 2. The molecule has 2 heterocycles. The molecule has 0 bridgehead atoms. The standard InChI is InChI=1S/C24H20F6N2O3S/c1-34-19-10-14(11-20-21(33)31-22(36-20)32-8-2-3-9-32)4-7-18(19)35-13-15-5-6-16(23(25,26)27)12-17(15)24(28,29)30/h4-7,10-12H,2-3,8-9,13H2,1H3. The molecule has 0 unspecified atom stereocenters. The first-order valence-electron chi connectivity index (χ1n) is 10.8. The van der Waals surface area contributed by atoms with Gasteiger partial charge >= 0.3 is 12.4 Å².